The Hall–Kier alpha value is 3.11. The third-order valence-electron chi connectivity index (χ3n) is 0.988. The van der Waals surface area contributed by atoms with Gasteiger partial charge < -0.3 is 51.5 Å². The van der Waals surface area contributed by atoms with E-state index in [4.69, 9.17) is 34.3 Å². The van der Waals surface area contributed by atoms with Crippen molar-refractivity contribution in [3.63, 3.8) is 0 Å². The van der Waals surface area contributed by atoms with Crippen molar-refractivity contribution in [2.24, 2.45) is 0 Å². The summed E-state index contributed by atoms with van der Waals surface area (Å²) in [6.45, 7) is 3.45. The smallest absolute Gasteiger partial charge is 0.854 e. The molecule has 0 atom stereocenters. The van der Waals surface area contributed by atoms with E-state index in [0.29, 0.717) is 12.3 Å². The van der Waals surface area contributed by atoms with Crippen molar-refractivity contribution in [1.29, 1.82) is 0 Å². The molecule has 0 amide bonds. The van der Waals surface area contributed by atoms with Gasteiger partial charge in [-0.15, -0.1) is 0 Å². The SMILES string of the molecule is CCP(=O)(O)CC.[Mg+2].[Mg+2].[Mg+2].[O-]P([O-])[O-].[O-]P([O-])[O-]. The van der Waals surface area contributed by atoms with E-state index in [9.17, 15) is 4.57 Å². The van der Waals surface area contributed by atoms with Crippen LogP contribution in [-0.4, -0.2) is 86.4 Å². The molecule has 0 heterocycles. The Morgan fingerprint density at radius 1 is 0.833 bits per heavy atom. The Balaban J connectivity index is -0.0000000292. The van der Waals surface area contributed by atoms with Crippen molar-refractivity contribution in [2.75, 3.05) is 12.3 Å². The molecule has 8 nitrogen and oxygen atoms in total. The largest absolute Gasteiger partial charge is 2.00 e. The van der Waals surface area contributed by atoms with E-state index in [2.05, 4.69) is 0 Å². The van der Waals surface area contributed by atoms with Crippen LogP contribution in [0.5, 0.6) is 0 Å². The summed E-state index contributed by atoms with van der Waals surface area (Å²) >= 11 is 0. The van der Waals surface area contributed by atoms with Gasteiger partial charge in [-0.25, -0.2) is 0 Å². The van der Waals surface area contributed by atoms with Gasteiger partial charge in [0.1, 0.15) is 0 Å². The molecule has 0 aromatic carbocycles. The van der Waals surface area contributed by atoms with E-state index in [0.717, 1.165) is 0 Å². The van der Waals surface area contributed by atoms with Crippen LogP contribution >= 0.6 is 24.6 Å². The molecule has 0 aliphatic rings. The first kappa shape index (κ1) is 37.4. The average Bonchev–Trinajstić information content (AvgIpc) is 2.02. The fourth-order valence-electron chi connectivity index (χ4n) is 0.224. The topological polar surface area (TPSA) is 176 Å². The maximum Gasteiger partial charge on any atom is 2.00 e. The van der Waals surface area contributed by atoms with Crippen LogP contribution in [0.15, 0.2) is 0 Å². The summed E-state index contributed by atoms with van der Waals surface area (Å²) in [4.78, 5) is 59.6. The van der Waals surface area contributed by atoms with Gasteiger partial charge in [-0.2, -0.15) is 0 Å². The Kier molecular flexibility index (Phi) is 52.1. The maximum absolute atomic E-state index is 10.5. The van der Waals surface area contributed by atoms with Gasteiger partial charge in [0.25, 0.3) is 0 Å². The molecule has 1 N–H and O–H groups in total. The second kappa shape index (κ2) is 25.1. The van der Waals surface area contributed by atoms with Crippen molar-refractivity contribution in [1.82, 2.24) is 0 Å². The van der Waals surface area contributed by atoms with Crippen LogP contribution in [0.25, 0.3) is 0 Å². The van der Waals surface area contributed by atoms with Crippen LogP contribution in [0.4, 0.5) is 0 Å². The Morgan fingerprint density at radius 3 is 0.944 bits per heavy atom. The Bertz CT molecular complexity index is 154. The quantitative estimate of drug-likeness (QED) is 0.378. The molecule has 0 fully saturated rings. The monoisotopic (exact) mass is 352 g/mol. The fraction of sp³-hybridized carbons (Fsp3) is 1.00. The molecular formula is C4H11Mg3O8P3. The summed E-state index contributed by atoms with van der Waals surface area (Å²) in [5, 5.41) is 0. The van der Waals surface area contributed by atoms with Gasteiger partial charge >= 0.3 is 69.2 Å². The zero-order chi connectivity index (χ0) is 13.1. The van der Waals surface area contributed by atoms with Gasteiger partial charge in [0.15, 0.2) is 7.37 Å². The van der Waals surface area contributed by atoms with Crippen molar-refractivity contribution >= 4 is 93.7 Å². The molecule has 0 spiro atoms. The normalized spacial score (nSPS) is 8.61. The van der Waals surface area contributed by atoms with E-state index < -0.39 is 24.6 Å². The molecule has 0 bridgehead atoms. The van der Waals surface area contributed by atoms with Crippen molar-refractivity contribution < 1.29 is 38.8 Å². The summed E-state index contributed by atoms with van der Waals surface area (Å²) in [5.41, 5.74) is 0. The minimum Gasteiger partial charge on any atom is -0.854 e. The van der Waals surface area contributed by atoms with E-state index in [1.807, 2.05) is 0 Å². The standard InChI is InChI=1S/C4H11O2P.3Mg.2O3P/c1-3-7(5,6)4-2;;;;2*1-4(2)3/h3-4H2,1-2H3,(H,5,6);;;;;/q;3*+2;2*-3. The van der Waals surface area contributed by atoms with Crippen LogP contribution in [0.2, 0.25) is 0 Å². The summed E-state index contributed by atoms with van der Waals surface area (Å²) < 4.78 is 10.5. The van der Waals surface area contributed by atoms with Crippen LogP contribution < -0.4 is 29.4 Å². The minimum absolute atomic E-state index is 0. The van der Waals surface area contributed by atoms with E-state index >= 15 is 0 Å². The summed E-state index contributed by atoms with van der Waals surface area (Å²) in [6.07, 6.45) is 0.812. The number of hydrogen-bond donors (Lipinski definition) is 1. The van der Waals surface area contributed by atoms with Crippen LogP contribution in [-0.2, 0) is 4.57 Å². The molecule has 0 aromatic rings. The number of rotatable bonds is 2. The maximum atomic E-state index is 10.5. The zero-order valence-electron chi connectivity index (χ0n) is 10.2. The average molecular weight is 353 g/mol. The van der Waals surface area contributed by atoms with E-state index in [1.165, 1.54) is 0 Å². The van der Waals surface area contributed by atoms with Gasteiger partial charge in [-0.1, -0.05) is 13.8 Å². The first-order chi connectivity index (χ1) is 6.59. The molecular weight excluding hydrogens is 342 g/mol. The number of hydrogen-bond acceptors (Lipinski definition) is 7. The molecule has 96 valence electrons. The minimum atomic E-state index is -3.37. The molecule has 14 heteroatoms. The van der Waals surface area contributed by atoms with Crippen LogP contribution in [0.1, 0.15) is 13.8 Å². The molecule has 0 saturated carbocycles. The predicted octanol–water partition coefficient (Wildman–Crippen LogP) is -5.26. The van der Waals surface area contributed by atoms with Gasteiger partial charge in [0.2, 0.25) is 0 Å². The molecule has 18 heavy (non-hydrogen) atoms. The van der Waals surface area contributed by atoms with E-state index in [-0.39, 0.29) is 69.2 Å². The Labute approximate surface area is 157 Å². The van der Waals surface area contributed by atoms with Gasteiger partial charge in [-0.3, -0.25) is 4.57 Å². The Morgan fingerprint density at radius 2 is 0.944 bits per heavy atom. The third kappa shape index (κ3) is 75.5. The predicted molar refractivity (Wildman–Crippen MR) is 62.0 cm³/mol. The molecule has 0 aliphatic carbocycles. The van der Waals surface area contributed by atoms with Gasteiger partial charge in [0.05, 0.1) is 0 Å². The molecule has 0 saturated heterocycles. The molecule has 0 unspecified atom stereocenters. The van der Waals surface area contributed by atoms with Crippen molar-refractivity contribution in [2.45, 2.75) is 13.8 Å². The van der Waals surface area contributed by atoms with Gasteiger partial charge in [0, 0.05) is 12.3 Å². The third-order valence-corrected chi connectivity index (χ3v) is 2.96. The first-order valence-electron chi connectivity index (χ1n) is 3.52. The van der Waals surface area contributed by atoms with Crippen LogP contribution in [0, 0.1) is 0 Å². The second-order valence-corrected chi connectivity index (χ2v) is 5.78. The van der Waals surface area contributed by atoms with Gasteiger partial charge in [-0.05, 0) is 0 Å². The first-order valence-corrected chi connectivity index (χ1v) is 7.75. The van der Waals surface area contributed by atoms with E-state index in [1.54, 1.807) is 13.8 Å². The molecule has 0 aliphatic heterocycles. The molecule has 0 rings (SSSR count). The molecule has 0 radical (unpaired) electrons. The second-order valence-electron chi connectivity index (χ2n) is 1.93. The molecule has 0 aromatic heterocycles. The van der Waals surface area contributed by atoms with Crippen molar-refractivity contribution in [3.05, 3.63) is 0 Å². The van der Waals surface area contributed by atoms with Crippen molar-refractivity contribution in [3.8, 4) is 0 Å². The summed E-state index contributed by atoms with van der Waals surface area (Å²) in [7, 11) is -9.40. The van der Waals surface area contributed by atoms with Crippen LogP contribution in [0.3, 0.4) is 0 Å². The summed E-state index contributed by atoms with van der Waals surface area (Å²) in [5.74, 6) is 0. The fourth-order valence-corrected chi connectivity index (χ4v) is 0.671. The zero-order valence-corrected chi connectivity index (χ0v) is 17.1. The summed E-state index contributed by atoms with van der Waals surface area (Å²) in [6, 6.07) is 0.